The van der Waals surface area contributed by atoms with E-state index in [1.54, 1.807) is 4.90 Å². The molecule has 32 heavy (non-hydrogen) atoms. The van der Waals surface area contributed by atoms with E-state index < -0.39 is 11.7 Å². The van der Waals surface area contributed by atoms with Crippen LogP contribution in [-0.2, 0) is 27.2 Å². The molecule has 1 aromatic carbocycles. The Kier molecular flexibility index (Phi) is 6.45. The number of benzene rings is 1. The summed E-state index contributed by atoms with van der Waals surface area (Å²) in [6.07, 6.45) is 4.95. The minimum Gasteiger partial charge on any atom is -0.444 e. The van der Waals surface area contributed by atoms with Crippen LogP contribution in [0.5, 0.6) is 0 Å². The van der Waals surface area contributed by atoms with E-state index in [9.17, 15) is 14.4 Å². The summed E-state index contributed by atoms with van der Waals surface area (Å²) in [5, 5.41) is 2.84. The number of nitrogens with one attached hydrogen (secondary N) is 1. The first kappa shape index (κ1) is 22.6. The van der Waals surface area contributed by atoms with E-state index in [4.69, 9.17) is 4.74 Å². The number of carbonyl (C=O) groups excluding carboxylic acids is 3. The maximum Gasteiger partial charge on any atom is 0.407 e. The number of aryl methyl sites for hydroxylation is 2. The lowest BCUT2D eigenvalue weighted by atomic mass is 9.95. The molecule has 0 bridgehead atoms. The highest BCUT2D eigenvalue weighted by Crippen LogP contribution is 2.31. The van der Waals surface area contributed by atoms with E-state index >= 15 is 0 Å². The molecule has 0 spiro atoms. The molecule has 2 fully saturated rings. The second-order valence-corrected chi connectivity index (χ2v) is 10.4. The van der Waals surface area contributed by atoms with Gasteiger partial charge >= 0.3 is 6.09 Å². The topological polar surface area (TPSA) is 79.0 Å². The first-order valence-corrected chi connectivity index (χ1v) is 11.9. The largest absolute Gasteiger partial charge is 0.444 e. The maximum atomic E-state index is 13.1. The molecular formula is C25H35N3O4. The van der Waals surface area contributed by atoms with Crippen molar-refractivity contribution < 1.29 is 19.1 Å². The van der Waals surface area contributed by atoms with E-state index in [2.05, 4.69) is 17.4 Å². The smallest absolute Gasteiger partial charge is 0.407 e. The summed E-state index contributed by atoms with van der Waals surface area (Å²) >= 11 is 0. The van der Waals surface area contributed by atoms with E-state index in [1.807, 2.05) is 31.7 Å². The number of ether oxygens (including phenoxy) is 1. The molecule has 1 N–H and O–H groups in total. The van der Waals surface area contributed by atoms with Crippen molar-refractivity contribution in [2.24, 2.45) is 11.8 Å². The number of amides is 3. The number of hydrogen-bond acceptors (Lipinski definition) is 4. The second kappa shape index (κ2) is 9.12. The highest BCUT2D eigenvalue weighted by molar-refractivity contribution is 6.00. The predicted octanol–water partition coefficient (Wildman–Crippen LogP) is 3.29. The zero-order valence-electron chi connectivity index (χ0n) is 19.5. The number of alkyl carbamates (subject to hydrolysis) is 1. The van der Waals surface area contributed by atoms with Crippen LogP contribution in [0, 0.1) is 11.8 Å². The normalized spacial score (nSPS) is 21.6. The molecule has 1 aliphatic carbocycles. The summed E-state index contributed by atoms with van der Waals surface area (Å²) < 4.78 is 5.29. The van der Waals surface area contributed by atoms with Gasteiger partial charge in [0.15, 0.2) is 0 Å². The Morgan fingerprint density at radius 2 is 1.84 bits per heavy atom. The van der Waals surface area contributed by atoms with Gasteiger partial charge in [0.25, 0.3) is 0 Å². The Hall–Kier alpha value is -2.57. The molecule has 7 heteroatoms. The molecule has 0 aromatic heterocycles. The Balaban J connectivity index is 1.26. The molecule has 2 saturated heterocycles. The first-order valence-electron chi connectivity index (χ1n) is 11.9. The minimum atomic E-state index is -0.508. The van der Waals surface area contributed by atoms with Gasteiger partial charge in [0.05, 0.1) is 5.92 Å². The molecule has 0 radical (unpaired) electrons. The average molecular weight is 442 g/mol. The Morgan fingerprint density at radius 1 is 1.12 bits per heavy atom. The van der Waals surface area contributed by atoms with Crippen LogP contribution < -0.4 is 10.2 Å². The third-order valence-corrected chi connectivity index (χ3v) is 6.73. The van der Waals surface area contributed by atoms with Crippen molar-refractivity contribution in [1.82, 2.24) is 10.2 Å². The standard InChI is InChI=1S/C25H35N3O4/c1-25(2,3)32-24(31)26-15-17-9-11-27(12-10-17)23(30)20-14-22(29)28(16-20)21-8-7-18-5-4-6-19(18)13-21/h7-8,13,17,20H,4-6,9-12,14-16H2,1-3H3,(H,26,31). The van der Waals surface area contributed by atoms with Crippen molar-refractivity contribution in [1.29, 1.82) is 0 Å². The van der Waals surface area contributed by atoms with Gasteiger partial charge in [0.1, 0.15) is 5.60 Å². The van der Waals surface area contributed by atoms with Gasteiger partial charge in [-0.25, -0.2) is 4.79 Å². The van der Waals surface area contributed by atoms with Crippen LogP contribution in [-0.4, -0.2) is 54.6 Å². The number of piperidine rings is 1. The number of hydrogen-bond donors (Lipinski definition) is 1. The summed E-state index contributed by atoms with van der Waals surface area (Å²) in [6, 6.07) is 6.30. The number of anilines is 1. The van der Waals surface area contributed by atoms with Crippen LogP contribution in [0.4, 0.5) is 10.5 Å². The van der Waals surface area contributed by atoms with Gasteiger partial charge in [-0.2, -0.15) is 0 Å². The van der Waals surface area contributed by atoms with Gasteiger partial charge in [-0.05, 0) is 82.1 Å². The van der Waals surface area contributed by atoms with Crippen molar-refractivity contribution in [2.45, 2.75) is 64.9 Å². The van der Waals surface area contributed by atoms with Gasteiger partial charge in [-0.3, -0.25) is 9.59 Å². The summed E-state index contributed by atoms with van der Waals surface area (Å²) in [5.74, 6) is 0.185. The third kappa shape index (κ3) is 5.25. The van der Waals surface area contributed by atoms with Crippen molar-refractivity contribution in [2.75, 3.05) is 31.1 Å². The average Bonchev–Trinajstić information content (AvgIpc) is 3.36. The molecule has 1 atom stereocenters. The van der Waals surface area contributed by atoms with Crippen molar-refractivity contribution >= 4 is 23.6 Å². The van der Waals surface area contributed by atoms with Crippen molar-refractivity contribution in [3.05, 3.63) is 29.3 Å². The zero-order chi connectivity index (χ0) is 22.9. The molecule has 174 valence electrons. The van der Waals surface area contributed by atoms with E-state index in [1.165, 1.54) is 17.5 Å². The fourth-order valence-corrected chi connectivity index (χ4v) is 5.01. The Bertz CT molecular complexity index is 884. The molecular weight excluding hydrogens is 406 g/mol. The van der Waals surface area contributed by atoms with E-state index in [0.29, 0.717) is 32.1 Å². The fourth-order valence-electron chi connectivity index (χ4n) is 5.01. The number of nitrogens with zero attached hydrogens (tertiary/aromatic N) is 2. The molecule has 1 aromatic rings. The fraction of sp³-hybridized carbons (Fsp3) is 0.640. The number of fused-ring (bicyclic) bond motifs is 1. The molecule has 7 nitrogen and oxygen atoms in total. The monoisotopic (exact) mass is 441 g/mol. The third-order valence-electron chi connectivity index (χ3n) is 6.73. The lowest BCUT2D eigenvalue weighted by Crippen LogP contribution is -2.44. The van der Waals surface area contributed by atoms with E-state index in [-0.39, 0.29) is 24.2 Å². The molecule has 2 heterocycles. The number of likely N-dealkylation sites (tertiary alicyclic amines) is 1. The van der Waals surface area contributed by atoms with Crippen molar-refractivity contribution in [3.8, 4) is 0 Å². The van der Waals surface area contributed by atoms with Crippen LogP contribution in [0.25, 0.3) is 0 Å². The molecule has 3 aliphatic rings. The summed E-state index contributed by atoms with van der Waals surface area (Å²) in [5.41, 5.74) is 3.15. The molecule has 1 unspecified atom stereocenters. The molecule has 2 aliphatic heterocycles. The van der Waals surface area contributed by atoms with E-state index in [0.717, 1.165) is 31.4 Å². The predicted molar refractivity (Wildman–Crippen MR) is 122 cm³/mol. The first-order chi connectivity index (χ1) is 15.2. The lowest BCUT2D eigenvalue weighted by molar-refractivity contribution is -0.137. The molecule has 0 saturated carbocycles. The van der Waals surface area contributed by atoms with Crippen molar-refractivity contribution in [3.63, 3.8) is 0 Å². The SMILES string of the molecule is CC(C)(C)OC(=O)NCC1CCN(C(=O)C2CC(=O)N(c3ccc4c(c3)CCC4)C2)CC1. The van der Waals surface area contributed by atoms with Crippen LogP contribution in [0.1, 0.15) is 57.6 Å². The maximum absolute atomic E-state index is 13.1. The lowest BCUT2D eigenvalue weighted by Gasteiger charge is -2.33. The summed E-state index contributed by atoms with van der Waals surface area (Å²) in [4.78, 5) is 41.3. The van der Waals surface area contributed by atoms with Crippen LogP contribution in [0.3, 0.4) is 0 Å². The van der Waals surface area contributed by atoms with Gasteiger partial charge in [0.2, 0.25) is 11.8 Å². The highest BCUT2D eigenvalue weighted by atomic mass is 16.6. The van der Waals surface area contributed by atoms with Gasteiger partial charge in [-0.1, -0.05) is 6.07 Å². The van der Waals surface area contributed by atoms with Crippen LogP contribution in [0.2, 0.25) is 0 Å². The van der Waals surface area contributed by atoms with Crippen LogP contribution >= 0.6 is 0 Å². The quantitative estimate of drug-likeness (QED) is 0.778. The zero-order valence-corrected chi connectivity index (χ0v) is 19.5. The van der Waals surface area contributed by atoms with Gasteiger partial charge in [0, 0.05) is 38.3 Å². The second-order valence-electron chi connectivity index (χ2n) is 10.4. The Morgan fingerprint density at radius 3 is 2.56 bits per heavy atom. The van der Waals surface area contributed by atoms with Gasteiger partial charge in [-0.15, -0.1) is 0 Å². The number of carbonyl (C=O) groups is 3. The molecule has 3 amide bonds. The van der Waals surface area contributed by atoms with Gasteiger partial charge < -0.3 is 19.9 Å². The molecule has 4 rings (SSSR count). The minimum absolute atomic E-state index is 0.0396. The summed E-state index contributed by atoms with van der Waals surface area (Å²) in [7, 11) is 0. The van der Waals surface area contributed by atoms with Crippen LogP contribution in [0.15, 0.2) is 18.2 Å². The Labute approximate surface area is 190 Å². The summed E-state index contributed by atoms with van der Waals surface area (Å²) in [6.45, 7) is 7.90. The highest BCUT2D eigenvalue weighted by Gasteiger charge is 2.38. The number of rotatable bonds is 4.